The molecule has 1 saturated heterocycles. The van der Waals surface area contributed by atoms with Gasteiger partial charge in [0, 0.05) is 36.8 Å². The van der Waals surface area contributed by atoms with Crippen molar-refractivity contribution < 1.29 is 19.2 Å². The molecule has 1 unspecified atom stereocenters. The number of ether oxygens (including phenoxy) is 2. The Morgan fingerprint density at radius 1 is 1.21 bits per heavy atom. The third-order valence-electron chi connectivity index (χ3n) is 4.66. The maximum atomic E-state index is 12.3. The normalized spacial score (nSPS) is 15.5. The summed E-state index contributed by atoms with van der Waals surface area (Å²) in [6, 6.07) is 13.1. The van der Waals surface area contributed by atoms with Crippen molar-refractivity contribution in [2.24, 2.45) is 0 Å². The maximum absolute atomic E-state index is 12.3. The Hall–Kier alpha value is -2.68. The Labute approximate surface area is 173 Å². The molecule has 9 heteroatoms. The molecule has 1 amide bonds. The fraction of sp³-hybridized carbons (Fsp3) is 0.350. The zero-order chi connectivity index (χ0) is 20.6. The SMILES string of the molecule is O=C(COc1ccc([N+](=O)[O-])cc1)NCC(c1ccccc1Cl)N1CCOCC1. The van der Waals surface area contributed by atoms with Crippen LogP contribution in [0.2, 0.25) is 5.02 Å². The predicted octanol–water partition coefficient (Wildman–Crippen LogP) is 2.82. The average Bonchev–Trinajstić information content (AvgIpc) is 2.74. The van der Waals surface area contributed by atoms with Crippen LogP contribution in [0, 0.1) is 10.1 Å². The van der Waals surface area contributed by atoms with E-state index in [0.29, 0.717) is 30.5 Å². The number of morpholine rings is 1. The van der Waals surface area contributed by atoms with E-state index in [-0.39, 0.29) is 24.2 Å². The van der Waals surface area contributed by atoms with Gasteiger partial charge in [-0.2, -0.15) is 0 Å². The molecule has 29 heavy (non-hydrogen) atoms. The Balaban J connectivity index is 1.57. The van der Waals surface area contributed by atoms with E-state index in [1.807, 2.05) is 24.3 Å². The van der Waals surface area contributed by atoms with Gasteiger partial charge in [-0.25, -0.2) is 0 Å². The van der Waals surface area contributed by atoms with Crippen LogP contribution >= 0.6 is 11.6 Å². The zero-order valence-corrected chi connectivity index (χ0v) is 16.5. The van der Waals surface area contributed by atoms with Crippen LogP contribution in [0.1, 0.15) is 11.6 Å². The molecule has 0 saturated carbocycles. The summed E-state index contributed by atoms with van der Waals surface area (Å²) < 4.78 is 10.8. The number of nitro groups is 1. The van der Waals surface area contributed by atoms with Gasteiger partial charge in [0.15, 0.2) is 6.61 Å². The lowest BCUT2D eigenvalue weighted by Gasteiger charge is -2.35. The molecule has 154 valence electrons. The average molecular weight is 420 g/mol. The molecule has 1 heterocycles. The first-order chi connectivity index (χ1) is 14.0. The molecule has 0 spiro atoms. The maximum Gasteiger partial charge on any atom is 0.269 e. The van der Waals surface area contributed by atoms with Crippen molar-refractivity contribution in [3.05, 3.63) is 69.2 Å². The van der Waals surface area contributed by atoms with Crippen LogP contribution in [0.15, 0.2) is 48.5 Å². The number of nitrogens with one attached hydrogen (secondary N) is 1. The molecule has 1 aliphatic rings. The predicted molar refractivity (Wildman–Crippen MR) is 108 cm³/mol. The van der Waals surface area contributed by atoms with Crippen LogP contribution in [0.25, 0.3) is 0 Å². The molecule has 2 aromatic carbocycles. The molecule has 3 rings (SSSR count). The van der Waals surface area contributed by atoms with E-state index >= 15 is 0 Å². The molecule has 0 aromatic heterocycles. The van der Waals surface area contributed by atoms with Crippen LogP contribution in [-0.2, 0) is 9.53 Å². The second-order valence-electron chi connectivity index (χ2n) is 6.53. The van der Waals surface area contributed by atoms with Gasteiger partial charge >= 0.3 is 0 Å². The smallest absolute Gasteiger partial charge is 0.269 e. The first-order valence-electron chi connectivity index (χ1n) is 9.25. The van der Waals surface area contributed by atoms with Gasteiger partial charge in [0.1, 0.15) is 5.75 Å². The lowest BCUT2D eigenvalue weighted by atomic mass is 10.0. The minimum Gasteiger partial charge on any atom is -0.484 e. The van der Waals surface area contributed by atoms with E-state index in [0.717, 1.165) is 18.7 Å². The summed E-state index contributed by atoms with van der Waals surface area (Å²) in [7, 11) is 0. The van der Waals surface area contributed by atoms with Gasteiger partial charge in [-0.15, -0.1) is 0 Å². The number of carbonyl (C=O) groups is 1. The Morgan fingerprint density at radius 2 is 1.90 bits per heavy atom. The summed E-state index contributed by atoms with van der Waals surface area (Å²) in [4.78, 5) is 24.7. The van der Waals surface area contributed by atoms with Crippen molar-refractivity contribution in [3.8, 4) is 5.75 Å². The third-order valence-corrected chi connectivity index (χ3v) is 5.00. The standard InChI is InChI=1S/C20H22ClN3O5/c21-18-4-2-1-3-17(18)19(23-9-11-28-12-10-23)13-22-20(25)14-29-16-7-5-15(6-8-16)24(26)27/h1-8,19H,9-14H2,(H,22,25). The van der Waals surface area contributed by atoms with Gasteiger partial charge in [-0.1, -0.05) is 29.8 Å². The molecular weight excluding hydrogens is 398 g/mol. The van der Waals surface area contributed by atoms with Gasteiger partial charge in [0.25, 0.3) is 11.6 Å². The molecule has 1 N–H and O–H groups in total. The van der Waals surface area contributed by atoms with Crippen LogP contribution in [0.4, 0.5) is 5.69 Å². The summed E-state index contributed by atoms with van der Waals surface area (Å²) >= 11 is 6.39. The molecule has 0 aliphatic carbocycles. The number of non-ortho nitro benzene ring substituents is 1. The van der Waals surface area contributed by atoms with Crippen LogP contribution < -0.4 is 10.1 Å². The van der Waals surface area contributed by atoms with Gasteiger partial charge < -0.3 is 14.8 Å². The number of benzene rings is 2. The highest BCUT2D eigenvalue weighted by Gasteiger charge is 2.24. The Morgan fingerprint density at radius 3 is 2.55 bits per heavy atom. The number of carbonyl (C=O) groups excluding carboxylic acids is 1. The lowest BCUT2D eigenvalue weighted by molar-refractivity contribution is -0.384. The highest BCUT2D eigenvalue weighted by atomic mass is 35.5. The Kier molecular flexibility index (Phi) is 7.40. The van der Waals surface area contributed by atoms with Crippen LogP contribution in [0.5, 0.6) is 5.75 Å². The molecule has 1 atom stereocenters. The topological polar surface area (TPSA) is 93.9 Å². The largest absolute Gasteiger partial charge is 0.484 e. The summed E-state index contributed by atoms with van der Waals surface area (Å²) in [6.45, 7) is 2.98. The van der Waals surface area contributed by atoms with E-state index in [9.17, 15) is 14.9 Å². The Bertz CT molecular complexity index is 840. The van der Waals surface area contributed by atoms with Crippen molar-refractivity contribution in [3.63, 3.8) is 0 Å². The fourth-order valence-corrected chi connectivity index (χ4v) is 3.41. The first kappa shape index (κ1) is 21.0. The van der Waals surface area contributed by atoms with Crippen molar-refractivity contribution in [2.75, 3.05) is 39.5 Å². The zero-order valence-electron chi connectivity index (χ0n) is 15.8. The minimum atomic E-state index is -0.489. The van der Waals surface area contributed by atoms with E-state index in [1.165, 1.54) is 24.3 Å². The molecular formula is C20H22ClN3O5. The molecule has 1 fully saturated rings. The fourth-order valence-electron chi connectivity index (χ4n) is 3.14. The second kappa shape index (κ2) is 10.2. The van der Waals surface area contributed by atoms with E-state index < -0.39 is 4.92 Å². The van der Waals surface area contributed by atoms with Crippen LogP contribution in [0.3, 0.4) is 0 Å². The van der Waals surface area contributed by atoms with Gasteiger partial charge in [0.2, 0.25) is 0 Å². The van der Waals surface area contributed by atoms with Gasteiger partial charge in [-0.05, 0) is 23.8 Å². The lowest BCUT2D eigenvalue weighted by Crippen LogP contribution is -2.44. The van der Waals surface area contributed by atoms with Crippen LogP contribution in [-0.4, -0.2) is 55.2 Å². The van der Waals surface area contributed by atoms with E-state index in [4.69, 9.17) is 21.1 Å². The number of rotatable bonds is 8. The molecule has 1 aliphatic heterocycles. The number of nitro benzene ring substituents is 1. The van der Waals surface area contributed by atoms with E-state index in [1.54, 1.807) is 0 Å². The summed E-state index contributed by atoms with van der Waals surface area (Å²) in [5, 5.41) is 14.2. The molecule has 2 aromatic rings. The summed E-state index contributed by atoms with van der Waals surface area (Å²) in [6.07, 6.45) is 0. The third kappa shape index (κ3) is 5.90. The van der Waals surface area contributed by atoms with Gasteiger partial charge in [0.05, 0.1) is 24.2 Å². The van der Waals surface area contributed by atoms with Gasteiger partial charge in [-0.3, -0.25) is 19.8 Å². The number of hydrogen-bond donors (Lipinski definition) is 1. The summed E-state index contributed by atoms with van der Waals surface area (Å²) in [5.74, 6) is 0.107. The van der Waals surface area contributed by atoms with Crippen molar-refractivity contribution >= 4 is 23.2 Å². The quantitative estimate of drug-likeness (QED) is 0.522. The highest BCUT2D eigenvalue weighted by molar-refractivity contribution is 6.31. The number of hydrogen-bond acceptors (Lipinski definition) is 6. The monoisotopic (exact) mass is 419 g/mol. The highest BCUT2D eigenvalue weighted by Crippen LogP contribution is 2.27. The molecule has 8 nitrogen and oxygen atoms in total. The summed E-state index contributed by atoms with van der Waals surface area (Å²) in [5.41, 5.74) is 0.919. The first-order valence-corrected chi connectivity index (χ1v) is 9.62. The minimum absolute atomic E-state index is 0.0325. The molecule has 0 radical (unpaired) electrons. The van der Waals surface area contributed by atoms with Crippen molar-refractivity contribution in [1.29, 1.82) is 0 Å². The molecule has 0 bridgehead atoms. The second-order valence-corrected chi connectivity index (χ2v) is 6.94. The van der Waals surface area contributed by atoms with Crippen molar-refractivity contribution in [2.45, 2.75) is 6.04 Å². The number of nitrogens with zero attached hydrogens (tertiary/aromatic N) is 2. The van der Waals surface area contributed by atoms with E-state index in [2.05, 4.69) is 10.2 Å². The number of amides is 1. The number of halogens is 1. The van der Waals surface area contributed by atoms with Crippen molar-refractivity contribution in [1.82, 2.24) is 10.2 Å².